The first-order chi connectivity index (χ1) is 11.1. The van der Waals surface area contributed by atoms with Crippen molar-refractivity contribution < 1.29 is 9.18 Å². The van der Waals surface area contributed by atoms with Crippen molar-refractivity contribution in [2.24, 2.45) is 0 Å². The summed E-state index contributed by atoms with van der Waals surface area (Å²) in [6, 6.07) is 12.9. The molecule has 4 heteroatoms. The predicted molar refractivity (Wildman–Crippen MR) is 95.2 cm³/mol. The normalized spacial score (nSPS) is 10.6. The standard InChI is InChI=1S/C19H22FNOS/c1-14-7-8-16(11-15(14)2)12-19(22)21-9-10-23-13-17-5-3-4-6-18(17)20/h3-8,11H,9-10,12-13H2,1-2H3,(H,21,22). The summed E-state index contributed by atoms with van der Waals surface area (Å²) in [7, 11) is 0. The molecule has 0 spiro atoms. The topological polar surface area (TPSA) is 29.1 Å². The zero-order chi connectivity index (χ0) is 16.7. The van der Waals surface area contributed by atoms with Gasteiger partial charge in [0.15, 0.2) is 0 Å². The molecule has 2 aromatic carbocycles. The van der Waals surface area contributed by atoms with E-state index in [2.05, 4.69) is 25.2 Å². The predicted octanol–water partition coefficient (Wildman–Crippen LogP) is 4.03. The number of amides is 1. The van der Waals surface area contributed by atoms with Crippen LogP contribution in [0.1, 0.15) is 22.3 Å². The SMILES string of the molecule is Cc1ccc(CC(=O)NCCSCc2ccccc2F)cc1C. The van der Waals surface area contributed by atoms with E-state index in [1.807, 2.05) is 18.2 Å². The molecule has 1 N–H and O–H groups in total. The molecule has 0 atom stereocenters. The highest BCUT2D eigenvalue weighted by atomic mass is 32.2. The molecular formula is C19H22FNOS. The van der Waals surface area contributed by atoms with Gasteiger partial charge in [0.05, 0.1) is 6.42 Å². The Morgan fingerprint density at radius 2 is 1.91 bits per heavy atom. The second-order valence-electron chi connectivity index (χ2n) is 5.59. The summed E-state index contributed by atoms with van der Waals surface area (Å²) >= 11 is 1.62. The second kappa shape index (κ2) is 8.73. The Bertz CT molecular complexity index is 672. The summed E-state index contributed by atoms with van der Waals surface area (Å²) in [6.07, 6.45) is 0.402. The van der Waals surface area contributed by atoms with Gasteiger partial charge < -0.3 is 5.32 Å². The Balaban J connectivity index is 1.67. The Labute approximate surface area is 141 Å². The van der Waals surface area contributed by atoms with Gasteiger partial charge >= 0.3 is 0 Å². The molecule has 2 rings (SSSR count). The molecule has 0 saturated heterocycles. The molecular weight excluding hydrogens is 309 g/mol. The molecule has 0 aliphatic rings. The van der Waals surface area contributed by atoms with E-state index in [0.29, 0.717) is 24.3 Å². The lowest BCUT2D eigenvalue weighted by molar-refractivity contribution is -0.120. The summed E-state index contributed by atoms with van der Waals surface area (Å²) in [5.74, 6) is 1.26. The molecule has 0 fully saturated rings. The van der Waals surface area contributed by atoms with E-state index in [1.165, 1.54) is 17.2 Å². The van der Waals surface area contributed by atoms with Crippen LogP contribution in [0.4, 0.5) is 4.39 Å². The first-order valence-electron chi connectivity index (χ1n) is 7.70. The van der Waals surface area contributed by atoms with Gasteiger partial charge in [-0.05, 0) is 42.2 Å². The van der Waals surface area contributed by atoms with Gasteiger partial charge in [0, 0.05) is 18.1 Å². The van der Waals surface area contributed by atoms with E-state index in [-0.39, 0.29) is 11.7 Å². The fourth-order valence-electron chi connectivity index (χ4n) is 2.22. The molecule has 0 saturated carbocycles. The molecule has 0 aromatic heterocycles. The van der Waals surface area contributed by atoms with E-state index in [4.69, 9.17) is 0 Å². The molecule has 1 amide bonds. The van der Waals surface area contributed by atoms with Crippen LogP contribution in [-0.2, 0) is 17.0 Å². The van der Waals surface area contributed by atoms with Gasteiger partial charge in [-0.1, -0.05) is 36.4 Å². The molecule has 122 valence electrons. The van der Waals surface area contributed by atoms with Gasteiger partial charge in [-0.15, -0.1) is 0 Å². The van der Waals surface area contributed by atoms with E-state index >= 15 is 0 Å². The zero-order valence-corrected chi connectivity index (χ0v) is 14.4. The molecule has 0 heterocycles. The number of aryl methyl sites for hydroxylation is 2. The highest BCUT2D eigenvalue weighted by Crippen LogP contribution is 2.14. The molecule has 0 aliphatic carbocycles. The maximum atomic E-state index is 13.4. The summed E-state index contributed by atoms with van der Waals surface area (Å²) in [5.41, 5.74) is 4.18. The molecule has 0 radical (unpaired) electrons. The largest absolute Gasteiger partial charge is 0.355 e. The van der Waals surface area contributed by atoms with Gasteiger partial charge in [-0.3, -0.25) is 4.79 Å². The quantitative estimate of drug-likeness (QED) is 0.776. The van der Waals surface area contributed by atoms with E-state index in [1.54, 1.807) is 23.9 Å². The number of rotatable bonds is 7. The van der Waals surface area contributed by atoms with Crippen LogP contribution in [0.3, 0.4) is 0 Å². The average molecular weight is 331 g/mol. The van der Waals surface area contributed by atoms with Gasteiger partial charge in [-0.25, -0.2) is 4.39 Å². The molecule has 2 aromatic rings. The molecule has 23 heavy (non-hydrogen) atoms. The van der Waals surface area contributed by atoms with Crippen molar-refractivity contribution in [2.45, 2.75) is 26.0 Å². The highest BCUT2D eigenvalue weighted by Gasteiger charge is 2.05. The molecule has 0 aliphatic heterocycles. The van der Waals surface area contributed by atoms with Crippen molar-refractivity contribution in [1.82, 2.24) is 5.32 Å². The van der Waals surface area contributed by atoms with Gasteiger partial charge in [0.2, 0.25) is 5.91 Å². The lowest BCUT2D eigenvalue weighted by atomic mass is 10.0. The summed E-state index contributed by atoms with van der Waals surface area (Å²) in [6.45, 7) is 4.71. The first-order valence-corrected chi connectivity index (χ1v) is 8.85. The van der Waals surface area contributed by atoms with E-state index < -0.39 is 0 Å². The number of hydrogen-bond donors (Lipinski definition) is 1. The second-order valence-corrected chi connectivity index (χ2v) is 6.69. The Morgan fingerprint density at radius 3 is 2.65 bits per heavy atom. The fraction of sp³-hybridized carbons (Fsp3) is 0.316. The van der Waals surface area contributed by atoms with Crippen molar-refractivity contribution >= 4 is 17.7 Å². The van der Waals surface area contributed by atoms with Gasteiger partial charge in [0.25, 0.3) is 0 Å². The fourth-order valence-corrected chi connectivity index (χ4v) is 3.07. The van der Waals surface area contributed by atoms with Crippen LogP contribution in [-0.4, -0.2) is 18.2 Å². The molecule has 2 nitrogen and oxygen atoms in total. The van der Waals surface area contributed by atoms with Crippen LogP contribution in [0.2, 0.25) is 0 Å². The van der Waals surface area contributed by atoms with Crippen molar-refractivity contribution in [3.8, 4) is 0 Å². The number of halogens is 1. The van der Waals surface area contributed by atoms with E-state index in [9.17, 15) is 9.18 Å². The molecule has 0 unspecified atom stereocenters. The number of carbonyl (C=O) groups excluding carboxylic acids is 1. The Kier molecular flexibility index (Phi) is 6.66. The van der Waals surface area contributed by atoms with Crippen LogP contribution in [0.25, 0.3) is 0 Å². The van der Waals surface area contributed by atoms with Crippen molar-refractivity contribution in [1.29, 1.82) is 0 Å². The third-order valence-corrected chi connectivity index (χ3v) is 4.73. The van der Waals surface area contributed by atoms with E-state index in [0.717, 1.165) is 11.3 Å². The summed E-state index contributed by atoms with van der Waals surface area (Å²) in [5, 5.41) is 2.91. The van der Waals surface area contributed by atoms with Crippen molar-refractivity contribution in [3.63, 3.8) is 0 Å². The first kappa shape index (κ1) is 17.5. The maximum Gasteiger partial charge on any atom is 0.224 e. The highest BCUT2D eigenvalue weighted by molar-refractivity contribution is 7.98. The summed E-state index contributed by atoms with van der Waals surface area (Å²) < 4.78 is 13.4. The zero-order valence-electron chi connectivity index (χ0n) is 13.6. The van der Waals surface area contributed by atoms with Crippen LogP contribution < -0.4 is 5.32 Å². The lowest BCUT2D eigenvalue weighted by Gasteiger charge is -2.07. The van der Waals surface area contributed by atoms with Gasteiger partial charge in [-0.2, -0.15) is 11.8 Å². The minimum atomic E-state index is -0.168. The number of benzene rings is 2. The number of thioether (sulfide) groups is 1. The third kappa shape index (κ3) is 5.71. The van der Waals surface area contributed by atoms with Crippen LogP contribution in [0.5, 0.6) is 0 Å². The maximum absolute atomic E-state index is 13.4. The average Bonchev–Trinajstić information content (AvgIpc) is 2.52. The number of carbonyl (C=O) groups is 1. The number of hydrogen-bond acceptors (Lipinski definition) is 2. The van der Waals surface area contributed by atoms with Crippen LogP contribution >= 0.6 is 11.8 Å². The van der Waals surface area contributed by atoms with Crippen LogP contribution in [0, 0.1) is 19.7 Å². The van der Waals surface area contributed by atoms with Crippen molar-refractivity contribution in [2.75, 3.05) is 12.3 Å². The smallest absolute Gasteiger partial charge is 0.224 e. The summed E-state index contributed by atoms with van der Waals surface area (Å²) in [4.78, 5) is 11.9. The minimum absolute atomic E-state index is 0.0275. The molecule has 0 bridgehead atoms. The Morgan fingerprint density at radius 1 is 1.13 bits per heavy atom. The lowest BCUT2D eigenvalue weighted by Crippen LogP contribution is -2.27. The minimum Gasteiger partial charge on any atom is -0.355 e. The van der Waals surface area contributed by atoms with Crippen LogP contribution in [0.15, 0.2) is 42.5 Å². The monoisotopic (exact) mass is 331 g/mol. The van der Waals surface area contributed by atoms with Gasteiger partial charge in [0.1, 0.15) is 5.82 Å². The Hall–Kier alpha value is -1.81. The third-order valence-electron chi connectivity index (χ3n) is 3.72. The van der Waals surface area contributed by atoms with Crippen molar-refractivity contribution in [3.05, 3.63) is 70.5 Å². The number of nitrogens with one attached hydrogen (secondary N) is 1.